The number of halogens is 3. The molecular formula is C22H20F3NO4. The maximum Gasteiger partial charge on any atom is 0.416 e. The highest BCUT2D eigenvalue weighted by molar-refractivity contribution is 5.67. The van der Waals surface area contributed by atoms with E-state index in [4.69, 9.17) is 14.3 Å². The quantitative estimate of drug-likeness (QED) is 0.522. The van der Waals surface area contributed by atoms with Gasteiger partial charge in [0.2, 0.25) is 5.89 Å². The monoisotopic (exact) mass is 419 g/mol. The Morgan fingerprint density at radius 1 is 1.20 bits per heavy atom. The van der Waals surface area contributed by atoms with Crippen LogP contribution in [0.15, 0.2) is 52.9 Å². The molecule has 1 aromatic heterocycles. The van der Waals surface area contributed by atoms with Crippen LogP contribution in [0.1, 0.15) is 42.0 Å². The fourth-order valence-electron chi connectivity index (χ4n) is 2.99. The van der Waals surface area contributed by atoms with Crippen LogP contribution in [-0.4, -0.2) is 16.1 Å². The van der Waals surface area contributed by atoms with Gasteiger partial charge in [-0.25, -0.2) is 4.98 Å². The molecule has 158 valence electrons. The van der Waals surface area contributed by atoms with Crippen molar-refractivity contribution in [1.82, 2.24) is 4.98 Å². The molecule has 3 rings (SSSR count). The van der Waals surface area contributed by atoms with Crippen LogP contribution in [-0.2, 0) is 17.4 Å². The standard InChI is InChI=1S/C22H20F3NO4/c1-13-20(14(2)29-18-5-3-4-15(12-18)6-11-19(27)28)30-21(26-13)16-7-9-17(10-8-16)22(23,24)25/h3-5,7-10,12,14H,6,11H2,1-2H3,(H,27,28). The highest BCUT2D eigenvalue weighted by Gasteiger charge is 2.30. The summed E-state index contributed by atoms with van der Waals surface area (Å²) in [5, 5.41) is 8.81. The van der Waals surface area contributed by atoms with E-state index in [1.54, 1.807) is 32.0 Å². The molecular weight excluding hydrogens is 399 g/mol. The molecule has 0 amide bonds. The molecule has 1 N–H and O–H groups in total. The molecule has 1 atom stereocenters. The van der Waals surface area contributed by atoms with Gasteiger partial charge in [-0.3, -0.25) is 4.79 Å². The van der Waals surface area contributed by atoms with Crippen molar-refractivity contribution in [2.45, 2.75) is 39.0 Å². The number of aromatic nitrogens is 1. The molecule has 0 aliphatic heterocycles. The van der Waals surface area contributed by atoms with Crippen LogP contribution >= 0.6 is 0 Å². The molecule has 0 aliphatic carbocycles. The minimum Gasteiger partial charge on any atom is -0.483 e. The number of hydrogen-bond donors (Lipinski definition) is 1. The molecule has 0 spiro atoms. The number of rotatable bonds is 7. The molecule has 30 heavy (non-hydrogen) atoms. The number of aryl methyl sites for hydroxylation is 2. The van der Waals surface area contributed by atoms with Gasteiger partial charge in [0.05, 0.1) is 11.3 Å². The zero-order chi connectivity index (χ0) is 21.9. The fraction of sp³-hybridized carbons (Fsp3) is 0.273. The second-order valence-corrected chi connectivity index (χ2v) is 6.85. The molecule has 0 fully saturated rings. The molecule has 8 heteroatoms. The Hall–Kier alpha value is -3.29. The third-order valence-electron chi connectivity index (χ3n) is 4.50. The third kappa shape index (κ3) is 5.20. The molecule has 0 aliphatic rings. The first-order valence-corrected chi connectivity index (χ1v) is 9.26. The molecule has 2 aromatic carbocycles. The number of alkyl halides is 3. The second kappa shape index (κ2) is 8.61. The topological polar surface area (TPSA) is 72.6 Å². The Kier molecular flexibility index (Phi) is 6.14. The number of carboxylic acid groups (broad SMARTS) is 1. The van der Waals surface area contributed by atoms with Gasteiger partial charge in [0.15, 0.2) is 11.9 Å². The molecule has 0 saturated carbocycles. The van der Waals surface area contributed by atoms with Crippen molar-refractivity contribution >= 4 is 5.97 Å². The summed E-state index contributed by atoms with van der Waals surface area (Å²) in [5.41, 5.74) is 1.09. The lowest BCUT2D eigenvalue weighted by atomic mass is 10.1. The predicted octanol–water partition coefficient (Wildman–Crippen LogP) is 5.83. The number of carbonyl (C=O) groups is 1. The van der Waals surface area contributed by atoms with E-state index in [0.29, 0.717) is 29.2 Å². The Labute approximate surface area is 171 Å². The minimum atomic E-state index is -4.41. The number of hydrogen-bond acceptors (Lipinski definition) is 4. The summed E-state index contributed by atoms with van der Waals surface area (Å²) in [7, 11) is 0. The SMILES string of the molecule is Cc1nc(-c2ccc(C(F)(F)F)cc2)oc1C(C)Oc1cccc(CCC(=O)O)c1. The Morgan fingerprint density at radius 3 is 2.53 bits per heavy atom. The van der Waals surface area contributed by atoms with E-state index < -0.39 is 23.8 Å². The highest BCUT2D eigenvalue weighted by Crippen LogP contribution is 2.33. The van der Waals surface area contributed by atoms with E-state index in [9.17, 15) is 18.0 Å². The van der Waals surface area contributed by atoms with Crippen LogP contribution < -0.4 is 4.74 Å². The third-order valence-corrected chi connectivity index (χ3v) is 4.50. The van der Waals surface area contributed by atoms with Crippen LogP contribution in [0, 0.1) is 6.92 Å². The number of oxazole rings is 1. The van der Waals surface area contributed by atoms with Crippen molar-refractivity contribution in [1.29, 1.82) is 0 Å². The lowest BCUT2D eigenvalue weighted by Crippen LogP contribution is -2.04. The molecule has 1 heterocycles. The number of aliphatic carboxylic acids is 1. The predicted molar refractivity (Wildman–Crippen MR) is 103 cm³/mol. The highest BCUT2D eigenvalue weighted by atomic mass is 19.4. The van der Waals surface area contributed by atoms with Crippen molar-refractivity contribution in [3.8, 4) is 17.2 Å². The lowest BCUT2D eigenvalue weighted by Gasteiger charge is -2.13. The molecule has 5 nitrogen and oxygen atoms in total. The van der Waals surface area contributed by atoms with Crippen molar-refractivity contribution in [2.24, 2.45) is 0 Å². The van der Waals surface area contributed by atoms with E-state index in [-0.39, 0.29) is 12.3 Å². The van der Waals surface area contributed by atoms with Gasteiger partial charge in [0.25, 0.3) is 0 Å². The zero-order valence-corrected chi connectivity index (χ0v) is 16.4. The summed E-state index contributed by atoms with van der Waals surface area (Å²) >= 11 is 0. The van der Waals surface area contributed by atoms with E-state index in [1.165, 1.54) is 12.1 Å². The summed E-state index contributed by atoms with van der Waals surface area (Å²) in [4.78, 5) is 15.0. The van der Waals surface area contributed by atoms with Gasteiger partial charge in [-0.05, 0) is 62.2 Å². The van der Waals surface area contributed by atoms with E-state index in [2.05, 4.69) is 4.98 Å². The van der Waals surface area contributed by atoms with E-state index in [0.717, 1.165) is 17.7 Å². The molecule has 1 unspecified atom stereocenters. The lowest BCUT2D eigenvalue weighted by molar-refractivity contribution is -0.138. The van der Waals surface area contributed by atoms with Gasteiger partial charge in [0, 0.05) is 12.0 Å². The van der Waals surface area contributed by atoms with Gasteiger partial charge in [0.1, 0.15) is 5.75 Å². The number of ether oxygens (including phenoxy) is 1. The Morgan fingerprint density at radius 2 is 1.90 bits per heavy atom. The van der Waals surface area contributed by atoms with Crippen LogP contribution in [0.25, 0.3) is 11.5 Å². The summed E-state index contributed by atoms with van der Waals surface area (Å²) < 4.78 is 49.9. The van der Waals surface area contributed by atoms with E-state index in [1.807, 2.05) is 6.07 Å². The number of benzene rings is 2. The number of nitrogens with zero attached hydrogens (tertiary/aromatic N) is 1. The van der Waals surface area contributed by atoms with Gasteiger partial charge >= 0.3 is 12.1 Å². The normalized spacial score (nSPS) is 12.6. The number of carboxylic acids is 1. The second-order valence-electron chi connectivity index (χ2n) is 6.85. The molecule has 0 saturated heterocycles. The summed E-state index contributed by atoms with van der Waals surface area (Å²) in [6, 6.07) is 11.7. The van der Waals surface area contributed by atoms with Crippen molar-refractivity contribution in [2.75, 3.05) is 0 Å². The van der Waals surface area contributed by atoms with Crippen LogP contribution in [0.4, 0.5) is 13.2 Å². The van der Waals surface area contributed by atoms with Gasteiger partial charge in [-0.2, -0.15) is 13.2 Å². The van der Waals surface area contributed by atoms with Crippen molar-refractivity contribution < 1.29 is 32.2 Å². The van der Waals surface area contributed by atoms with Crippen molar-refractivity contribution in [3.05, 3.63) is 71.1 Å². The van der Waals surface area contributed by atoms with Crippen LogP contribution in [0.3, 0.4) is 0 Å². The van der Waals surface area contributed by atoms with Crippen molar-refractivity contribution in [3.63, 3.8) is 0 Å². The summed E-state index contributed by atoms with van der Waals surface area (Å²) in [6.45, 7) is 3.50. The van der Waals surface area contributed by atoms with Crippen LogP contribution in [0.5, 0.6) is 5.75 Å². The maximum atomic E-state index is 12.7. The smallest absolute Gasteiger partial charge is 0.416 e. The first kappa shape index (κ1) is 21.4. The van der Waals surface area contributed by atoms with Gasteiger partial charge < -0.3 is 14.3 Å². The van der Waals surface area contributed by atoms with Crippen LogP contribution in [0.2, 0.25) is 0 Å². The Balaban J connectivity index is 1.75. The largest absolute Gasteiger partial charge is 0.483 e. The first-order valence-electron chi connectivity index (χ1n) is 9.26. The summed E-state index contributed by atoms with van der Waals surface area (Å²) in [5.74, 6) is 0.350. The summed E-state index contributed by atoms with van der Waals surface area (Å²) in [6.07, 6.45) is -4.50. The molecule has 3 aromatic rings. The maximum absolute atomic E-state index is 12.7. The van der Waals surface area contributed by atoms with E-state index >= 15 is 0 Å². The molecule has 0 radical (unpaired) electrons. The Bertz CT molecular complexity index is 1030. The van der Waals surface area contributed by atoms with Gasteiger partial charge in [-0.1, -0.05) is 12.1 Å². The first-order chi connectivity index (χ1) is 14.1. The average molecular weight is 419 g/mol. The molecule has 0 bridgehead atoms. The zero-order valence-electron chi connectivity index (χ0n) is 16.4. The minimum absolute atomic E-state index is 0.0245. The average Bonchev–Trinajstić information content (AvgIpc) is 3.08. The fourth-order valence-corrected chi connectivity index (χ4v) is 2.99. The van der Waals surface area contributed by atoms with Gasteiger partial charge in [-0.15, -0.1) is 0 Å².